The summed E-state index contributed by atoms with van der Waals surface area (Å²) >= 11 is 1.30. The Kier molecular flexibility index (Phi) is 7.51. The standard InChI is InChI=1S/C25H29N3O3S/c1-15-13-22(17(3)28(15)12-11-20-7-9-21(31-6)10-8-20)23(30)14-32-25-24(18(4)29)16(2)26-19(5)27-25/h7-10,13H,11-12,14H2,1-6H3. The van der Waals surface area contributed by atoms with Gasteiger partial charge in [-0.05, 0) is 64.8 Å². The molecule has 3 rings (SSSR count). The molecule has 2 aromatic heterocycles. The quantitative estimate of drug-likeness (QED) is 0.261. The van der Waals surface area contributed by atoms with Crippen LogP contribution in [-0.2, 0) is 13.0 Å². The molecule has 0 radical (unpaired) electrons. The molecule has 0 unspecified atom stereocenters. The summed E-state index contributed by atoms with van der Waals surface area (Å²) in [6.45, 7) is 9.90. The monoisotopic (exact) mass is 451 g/mol. The number of rotatable bonds is 9. The molecule has 32 heavy (non-hydrogen) atoms. The molecule has 0 saturated carbocycles. The smallest absolute Gasteiger partial charge is 0.174 e. The Morgan fingerprint density at radius 1 is 1.06 bits per heavy atom. The zero-order chi connectivity index (χ0) is 23.4. The Labute approximate surface area is 193 Å². The first-order valence-corrected chi connectivity index (χ1v) is 11.5. The molecule has 6 nitrogen and oxygen atoms in total. The second kappa shape index (κ2) is 10.1. The Balaban J connectivity index is 1.72. The van der Waals surface area contributed by atoms with Gasteiger partial charge in [0.1, 0.15) is 16.6 Å². The van der Waals surface area contributed by atoms with Crippen molar-refractivity contribution in [2.75, 3.05) is 12.9 Å². The van der Waals surface area contributed by atoms with Gasteiger partial charge in [0.25, 0.3) is 0 Å². The van der Waals surface area contributed by atoms with Gasteiger partial charge in [-0.3, -0.25) is 9.59 Å². The first-order valence-electron chi connectivity index (χ1n) is 10.5. The summed E-state index contributed by atoms with van der Waals surface area (Å²) in [4.78, 5) is 33.8. The van der Waals surface area contributed by atoms with Gasteiger partial charge in [0.15, 0.2) is 11.6 Å². The van der Waals surface area contributed by atoms with Crippen LogP contribution < -0.4 is 4.74 Å². The highest BCUT2D eigenvalue weighted by Gasteiger charge is 2.19. The van der Waals surface area contributed by atoms with Crippen molar-refractivity contribution in [3.63, 3.8) is 0 Å². The molecule has 0 aliphatic heterocycles. The molecule has 0 bridgehead atoms. The van der Waals surface area contributed by atoms with Crippen molar-refractivity contribution in [1.82, 2.24) is 14.5 Å². The maximum Gasteiger partial charge on any atom is 0.174 e. The molecular formula is C25H29N3O3S. The molecule has 0 aliphatic rings. The lowest BCUT2D eigenvalue weighted by molar-refractivity contribution is 0.100. The minimum absolute atomic E-state index is 0.0298. The highest BCUT2D eigenvalue weighted by molar-refractivity contribution is 8.00. The van der Waals surface area contributed by atoms with Crippen molar-refractivity contribution >= 4 is 23.3 Å². The lowest BCUT2D eigenvalue weighted by atomic mass is 10.1. The third kappa shape index (κ3) is 5.27. The van der Waals surface area contributed by atoms with Crippen LogP contribution in [0.15, 0.2) is 35.4 Å². The van der Waals surface area contributed by atoms with Gasteiger partial charge < -0.3 is 9.30 Å². The van der Waals surface area contributed by atoms with Gasteiger partial charge in [-0.15, -0.1) is 0 Å². The summed E-state index contributed by atoms with van der Waals surface area (Å²) in [5.74, 6) is 1.60. The van der Waals surface area contributed by atoms with Crippen molar-refractivity contribution in [3.05, 3.63) is 69.9 Å². The molecule has 7 heteroatoms. The molecule has 1 aromatic carbocycles. The van der Waals surface area contributed by atoms with Gasteiger partial charge in [-0.1, -0.05) is 23.9 Å². The van der Waals surface area contributed by atoms with Crippen LogP contribution in [0.5, 0.6) is 5.75 Å². The number of aromatic nitrogens is 3. The molecule has 0 N–H and O–H groups in total. The number of aryl methyl sites for hydroxylation is 4. The predicted octanol–water partition coefficient (Wildman–Crippen LogP) is 4.94. The highest BCUT2D eigenvalue weighted by atomic mass is 32.2. The third-order valence-electron chi connectivity index (χ3n) is 5.52. The van der Waals surface area contributed by atoms with E-state index in [9.17, 15) is 9.59 Å². The zero-order valence-corrected chi connectivity index (χ0v) is 20.3. The lowest BCUT2D eigenvalue weighted by Crippen LogP contribution is -2.10. The van der Waals surface area contributed by atoms with Crippen molar-refractivity contribution < 1.29 is 14.3 Å². The minimum Gasteiger partial charge on any atom is -0.497 e. The summed E-state index contributed by atoms with van der Waals surface area (Å²) < 4.78 is 7.40. The van der Waals surface area contributed by atoms with E-state index in [1.165, 1.54) is 24.2 Å². The molecule has 0 spiro atoms. The average Bonchev–Trinajstić information content (AvgIpc) is 3.03. The average molecular weight is 452 g/mol. The van der Waals surface area contributed by atoms with Crippen molar-refractivity contribution in [1.29, 1.82) is 0 Å². The number of thioether (sulfide) groups is 1. The van der Waals surface area contributed by atoms with Crippen LogP contribution in [0.25, 0.3) is 0 Å². The van der Waals surface area contributed by atoms with Gasteiger partial charge >= 0.3 is 0 Å². The molecule has 3 aromatic rings. The molecular weight excluding hydrogens is 422 g/mol. The molecule has 168 valence electrons. The summed E-state index contributed by atoms with van der Waals surface area (Å²) in [6.07, 6.45) is 0.865. The van der Waals surface area contributed by atoms with E-state index in [0.717, 1.165) is 35.7 Å². The van der Waals surface area contributed by atoms with E-state index in [0.29, 0.717) is 22.1 Å². The van der Waals surface area contributed by atoms with E-state index in [1.54, 1.807) is 21.0 Å². The number of ketones is 2. The second-order valence-corrected chi connectivity index (χ2v) is 8.80. The molecule has 0 fully saturated rings. The largest absolute Gasteiger partial charge is 0.497 e. The molecule has 0 atom stereocenters. The Bertz CT molecular complexity index is 1150. The lowest BCUT2D eigenvalue weighted by Gasteiger charge is -2.11. The Morgan fingerprint density at radius 3 is 2.38 bits per heavy atom. The van der Waals surface area contributed by atoms with E-state index in [-0.39, 0.29) is 17.3 Å². The number of carbonyl (C=O) groups is 2. The van der Waals surface area contributed by atoms with E-state index in [1.807, 2.05) is 32.0 Å². The fraction of sp³-hybridized carbons (Fsp3) is 0.360. The van der Waals surface area contributed by atoms with E-state index >= 15 is 0 Å². The number of Topliss-reactive ketones (excluding diaryl/α,β-unsaturated/α-hetero) is 2. The topological polar surface area (TPSA) is 74.1 Å². The van der Waals surface area contributed by atoms with Crippen molar-refractivity contribution in [2.24, 2.45) is 0 Å². The van der Waals surface area contributed by atoms with E-state index in [2.05, 4.69) is 26.7 Å². The summed E-state index contributed by atoms with van der Waals surface area (Å²) in [5.41, 5.74) is 5.10. The first-order chi connectivity index (χ1) is 15.2. The third-order valence-corrected chi connectivity index (χ3v) is 6.49. The first kappa shape index (κ1) is 23.7. The molecule has 0 saturated heterocycles. The van der Waals surface area contributed by atoms with Crippen LogP contribution in [0, 0.1) is 27.7 Å². The molecule has 2 heterocycles. The fourth-order valence-electron chi connectivity index (χ4n) is 3.86. The van der Waals surface area contributed by atoms with Gasteiger partial charge in [-0.2, -0.15) is 0 Å². The number of hydrogen-bond acceptors (Lipinski definition) is 6. The zero-order valence-electron chi connectivity index (χ0n) is 19.5. The van der Waals surface area contributed by atoms with E-state index in [4.69, 9.17) is 4.74 Å². The predicted molar refractivity (Wildman–Crippen MR) is 127 cm³/mol. The number of nitrogens with zero attached hydrogens (tertiary/aromatic N) is 3. The summed E-state index contributed by atoms with van der Waals surface area (Å²) in [5, 5.41) is 0.573. The van der Waals surface area contributed by atoms with Crippen LogP contribution in [0.1, 0.15) is 56.1 Å². The summed E-state index contributed by atoms with van der Waals surface area (Å²) in [6, 6.07) is 10.0. The molecule has 0 aliphatic carbocycles. The number of benzene rings is 1. The minimum atomic E-state index is -0.0887. The van der Waals surface area contributed by atoms with Crippen LogP contribution in [0.4, 0.5) is 0 Å². The van der Waals surface area contributed by atoms with Gasteiger partial charge in [0.05, 0.1) is 24.1 Å². The van der Waals surface area contributed by atoms with E-state index < -0.39 is 0 Å². The second-order valence-electron chi connectivity index (χ2n) is 7.84. The Morgan fingerprint density at radius 2 is 1.75 bits per heavy atom. The molecule has 0 amide bonds. The van der Waals surface area contributed by atoms with Gasteiger partial charge in [0.2, 0.25) is 0 Å². The van der Waals surface area contributed by atoms with Crippen molar-refractivity contribution in [2.45, 2.75) is 52.6 Å². The maximum atomic E-state index is 13.0. The SMILES string of the molecule is COc1ccc(CCn2c(C)cc(C(=O)CSc3nc(C)nc(C)c3C(C)=O)c2C)cc1. The highest BCUT2D eigenvalue weighted by Crippen LogP contribution is 2.26. The van der Waals surface area contributed by atoms with Crippen LogP contribution >= 0.6 is 11.8 Å². The number of ether oxygens (including phenoxy) is 1. The van der Waals surface area contributed by atoms with Crippen molar-refractivity contribution in [3.8, 4) is 5.75 Å². The normalized spacial score (nSPS) is 10.9. The Hall–Kier alpha value is -2.93. The van der Waals surface area contributed by atoms with Crippen LogP contribution in [-0.4, -0.2) is 39.0 Å². The van der Waals surface area contributed by atoms with Crippen LogP contribution in [0.2, 0.25) is 0 Å². The maximum absolute atomic E-state index is 13.0. The number of carbonyl (C=O) groups excluding carboxylic acids is 2. The number of hydrogen-bond donors (Lipinski definition) is 0. The summed E-state index contributed by atoms with van der Waals surface area (Å²) in [7, 11) is 1.66. The van der Waals surface area contributed by atoms with Crippen LogP contribution in [0.3, 0.4) is 0 Å². The van der Waals surface area contributed by atoms with Gasteiger partial charge in [0, 0.05) is 23.5 Å². The number of methoxy groups -OCH3 is 1. The fourth-order valence-corrected chi connectivity index (χ4v) is 4.92. The van der Waals surface area contributed by atoms with Gasteiger partial charge in [-0.25, -0.2) is 9.97 Å².